The Morgan fingerprint density at radius 1 is 1.07 bits per heavy atom. The number of nitrogens with one attached hydrogen (secondary N) is 2. The Bertz CT molecular complexity index is 1820. The summed E-state index contributed by atoms with van der Waals surface area (Å²) in [5, 5.41) is 17.5. The number of likely N-dealkylation sites (tertiary alicyclic amines) is 1. The van der Waals surface area contributed by atoms with Crippen molar-refractivity contribution in [2.24, 2.45) is 0 Å². The van der Waals surface area contributed by atoms with Crippen molar-refractivity contribution in [3.8, 4) is 11.1 Å². The second-order valence-electron chi connectivity index (χ2n) is 10.7. The zero-order valence-electron chi connectivity index (χ0n) is 23.7. The van der Waals surface area contributed by atoms with Crippen molar-refractivity contribution in [3.05, 3.63) is 113 Å². The number of hydrogen-bond donors (Lipinski definition) is 3. The number of benzene rings is 2. The van der Waals surface area contributed by atoms with E-state index in [9.17, 15) is 9.90 Å². The fourth-order valence-corrected chi connectivity index (χ4v) is 5.63. The second-order valence-corrected chi connectivity index (χ2v) is 11.0. The number of β-amino-alcohol motifs (C(OH)–C–C–N with tert-alkyl or cyclic N) is 1. The molecular formula is C34H31ClN6O2. The third-order valence-corrected chi connectivity index (χ3v) is 8.10. The fourth-order valence-electron chi connectivity index (χ4n) is 5.36. The Labute approximate surface area is 255 Å². The van der Waals surface area contributed by atoms with Crippen LogP contribution in [-0.2, 0) is 6.54 Å². The van der Waals surface area contributed by atoms with Crippen LogP contribution >= 0.6 is 11.6 Å². The number of fused-ring (bicyclic) bond motifs is 1. The van der Waals surface area contributed by atoms with Gasteiger partial charge < -0.3 is 15.7 Å². The smallest absolute Gasteiger partial charge is 0.274 e. The second kappa shape index (κ2) is 12.3. The molecule has 0 unspecified atom stereocenters. The van der Waals surface area contributed by atoms with Crippen molar-refractivity contribution >= 4 is 51.7 Å². The Balaban J connectivity index is 1.21. The average molecular weight is 591 g/mol. The molecule has 1 saturated heterocycles. The summed E-state index contributed by atoms with van der Waals surface area (Å²) in [6, 6.07) is 19.1. The van der Waals surface area contributed by atoms with Gasteiger partial charge in [-0.05, 0) is 65.9 Å². The molecule has 2 aromatic carbocycles. The highest BCUT2D eigenvalue weighted by Crippen LogP contribution is 2.38. The number of aliphatic hydroxyl groups excluding tert-OH is 1. The molecule has 3 aromatic heterocycles. The molecular weight excluding hydrogens is 560 g/mol. The van der Waals surface area contributed by atoms with Crippen LogP contribution < -0.4 is 10.6 Å². The number of pyridine rings is 3. The fraction of sp³-hybridized carbons (Fsp3) is 0.176. The number of hydrogen-bond acceptors (Lipinski definition) is 7. The van der Waals surface area contributed by atoms with Crippen molar-refractivity contribution in [1.82, 2.24) is 19.9 Å². The third-order valence-electron chi connectivity index (χ3n) is 7.69. The number of aliphatic hydroxyl groups is 1. The van der Waals surface area contributed by atoms with Crippen LogP contribution in [0.5, 0.6) is 0 Å². The first-order valence-corrected chi connectivity index (χ1v) is 14.5. The molecule has 4 heterocycles. The lowest BCUT2D eigenvalue weighted by Gasteiger charge is -2.17. The van der Waals surface area contributed by atoms with Gasteiger partial charge in [-0.1, -0.05) is 54.6 Å². The van der Waals surface area contributed by atoms with Crippen LogP contribution in [0, 0.1) is 6.92 Å². The van der Waals surface area contributed by atoms with E-state index in [1.165, 1.54) is 0 Å². The van der Waals surface area contributed by atoms with Crippen LogP contribution in [0.2, 0.25) is 5.02 Å². The van der Waals surface area contributed by atoms with E-state index in [2.05, 4.69) is 37.1 Å². The largest absolute Gasteiger partial charge is 0.392 e. The lowest BCUT2D eigenvalue weighted by molar-refractivity contribution is 0.102. The molecule has 0 bridgehead atoms. The molecule has 3 N–H and O–H groups in total. The molecule has 1 amide bonds. The molecule has 0 aliphatic carbocycles. The molecule has 1 fully saturated rings. The molecule has 216 valence electrons. The van der Waals surface area contributed by atoms with Gasteiger partial charge in [-0.15, -0.1) is 0 Å². The van der Waals surface area contributed by atoms with Crippen molar-refractivity contribution in [2.75, 3.05) is 23.7 Å². The van der Waals surface area contributed by atoms with E-state index >= 15 is 0 Å². The molecule has 1 aliphatic heterocycles. The normalized spacial score (nSPS) is 15.0. The summed E-state index contributed by atoms with van der Waals surface area (Å²) in [6.07, 6.45) is 7.51. The molecule has 1 aliphatic rings. The summed E-state index contributed by atoms with van der Waals surface area (Å²) in [5.74, 6) is 0.306. The third kappa shape index (κ3) is 6.12. The number of amides is 1. The maximum absolute atomic E-state index is 13.1. The predicted molar refractivity (Wildman–Crippen MR) is 173 cm³/mol. The van der Waals surface area contributed by atoms with E-state index < -0.39 is 0 Å². The molecule has 0 radical (unpaired) electrons. The SMILES string of the molecule is C=Cc1cnc2c(Nc3cccc(-c4cccc(NC(=O)c5ccc(CN6CC[C@@H](O)C6)cn5)c4Cl)c3C)nccc2c1. The van der Waals surface area contributed by atoms with E-state index in [1.54, 1.807) is 36.8 Å². The van der Waals surface area contributed by atoms with Gasteiger partial charge in [0, 0.05) is 54.9 Å². The van der Waals surface area contributed by atoms with Crippen LogP contribution in [-0.4, -0.2) is 50.1 Å². The molecule has 0 spiro atoms. The quantitative estimate of drug-likeness (QED) is 0.181. The van der Waals surface area contributed by atoms with Crippen molar-refractivity contribution in [3.63, 3.8) is 0 Å². The summed E-state index contributed by atoms with van der Waals surface area (Å²) in [6.45, 7) is 8.04. The Morgan fingerprint density at radius 3 is 2.63 bits per heavy atom. The number of carbonyl (C=O) groups excluding carboxylic acids is 1. The van der Waals surface area contributed by atoms with Gasteiger partial charge >= 0.3 is 0 Å². The highest BCUT2D eigenvalue weighted by molar-refractivity contribution is 6.36. The minimum Gasteiger partial charge on any atom is -0.392 e. The number of rotatable bonds is 8. The minimum atomic E-state index is -0.344. The summed E-state index contributed by atoms with van der Waals surface area (Å²) in [4.78, 5) is 28.8. The topological polar surface area (TPSA) is 103 Å². The van der Waals surface area contributed by atoms with Crippen LogP contribution in [0.4, 0.5) is 17.2 Å². The highest BCUT2D eigenvalue weighted by Gasteiger charge is 2.20. The summed E-state index contributed by atoms with van der Waals surface area (Å²) in [7, 11) is 0. The van der Waals surface area contributed by atoms with E-state index in [-0.39, 0.29) is 12.0 Å². The number of carbonyl (C=O) groups is 1. The summed E-state index contributed by atoms with van der Waals surface area (Å²) < 4.78 is 0. The van der Waals surface area contributed by atoms with E-state index in [0.29, 0.717) is 35.3 Å². The molecule has 43 heavy (non-hydrogen) atoms. The van der Waals surface area contributed by atoms with Crippen molar-refractivity contribution < 1.29 is 9.90 Å². The van der Waals surface area contributed by atoms with Crippen molar-refractivity contribution in [2.45, 2.75) is 26.0 Å². The monoisotopic (exact) mass is 590 g/mol. The average Bonchev–Trinajstić information content (AvgIpc) is 3.43. The van der Waals surface area contributed by atoms with E-state index in [1.807, 2.05) is 55.5 Å². The Kier molecular flexibility index (Phi) is 8.16. The van der Waals surface area contributed by atoms with Gasteiger partial charge in [-0.3, -0.25) is 19.7 Å². The summed E-state index contributed by atoms with van der Waals surface area (Å²) >= 11 is 6.89. The Hall–Kier alpha value is -4.63. The maximum atomic E-state index is 13.1. The van der Waals surface area contributed by atoms with Gasteiger partial charge in [0.05, 0.1) is 16.8 Å². The van der Waals surface area contributed by atoms with E-state index in [4.69, 9.17) is 11.6 Å². The van der Waals surface area contributed by atoms with E-state index in [0.717, 1.165) is 57.4 Å². The van der Waals surface area contributed by atoms with Gasteiger partial charge in [0.2, 0.25) is 0 Å². The summed E-state index contributed by atoms with van der Waals surface area (Å²) in [5.41, 5.74) is 7.03. The van der Waals surface area contributed by atoms with Crippen molar-refractivity contribution in [1.29, 1.82) is 0 Å². The van der Waals surface area contributed by atoms with Gasteiger partial charge in [-0.2, -0.15) is 0 Å². The first-order valence-electron chi connectivity index (χ1n) is 14.1. The molecule has 5 aromatic rings. The number of halogens is 1. The molecule has 1 atom stereocenters. The number of anilines is 3. The van der Waals surface area contributed by atoms with Gasteiger partial charge in [0.15, 0.2) is 5.82 Å². The predicted octanol–water partition coefficient (Wildman–Crippen LogP) is 6.86. The maximum Gasteiger partial charge on any atom is 0.274 e. The molecule has 9 heteroatoms. The first-order chi connectivity index (χ1) is 20.9. The number of aromatic nitrogens is 3. The van der Waals surface area contributed by atoms with Crippen LogP contribution in [0.15, 0.2) is 85.8 Å². The molecule has 6 rings (SSSR count). The molecule has 0 saturated carbocycles. The lowest BCUT2D eigenvalue weighted by atomic mass is 9.98. The zero-order valence-corrected chi connectivity index (χ0v) is 24.5. The zero-order chi connectivity index (χ0) is 29.9. The standard InChI is InChI=1S/C34H31ClN6O2/c1-3-22-16-24-12-14-36-33(32(24)38-17-22)39-28-8-4-6-26(21(28)2)27-7-5-9-29(31(27)35)40-34(43)30-11-10-23(18-37-30)19-41-15-13-25(42)20-41/h3-12,14,16-18,25,42H,1,13,15,19-20H2,2H3,(H,36,39)(H,40,43)/t25-/m1/s1. The van der Waals surface area contributed by atoms with Crippen LogP contribution in [0.3, 0.4) is 0 Å². The number of nitrogens with zero attached hydrogens (tertiary/aromatic N) is 4. The Morgan fingerprint density at radius 2 is 1.88 bits per heavy atom. The minimum absolute atomic E-state index is 0.272. The van der Waals surface area contributed by atoms with Gasteiger partial charge in [0.25, 0.3) is 5.91 Å². The highest BCUT2D eigenvalue weighted by atomic mass is 35.5. The lowest BCUT2D eigenvalue weighted by Crippen LogP contribution is -2.21. The molecule has 8 nitrogen and oxygen atoms in total. The first kappa shape index (κ1) is 28.5. The van der Waals surface area contributed by atoms with Gasteiger partial charge in [-0.25, -0.2) is 4.98 Å². The van der Waals surface area contributed by atoms with Gasteiger partial charge in [0.1, 0.15) is 11.2 Å². The van der Waals surface area contributed by atoms with Crippen LogP contribution in [0.1, 0.15) is 33.6 Å². The van der Waals surface area contributed by atoms with Crippen LogP contribution in [0.25, 0.3) is 28.1 Å².